The number of sulfone groups is 1. The number of benzene rings is 1. The Labute approximate surface area is 176 Å². The van der Waals surface area contributed by atoms with Gasteiger partial charge in [0, 0.05) is 19.3 Å². The predicted octanol–water partition coefficient (Wildman–Crippen LogP) is 3.25. The fourth-order valence-electron chi connectivity index (χ4n) is 5.15. The molecule has 0 radical (unpaired) electrons. The van der Waals surface area contributed by atoms with Gasteiger partial charge in [0.2, 0.25) is 5.91 Å². The van der Waals surface area contributed by atoms with Crippen LogP contribution in [0, 0.1) is 11.7 Å². The van der Waals surface area contributed by atoms with E-state index in [4.69, 9.17) is 0 Å². The van der Waals surface area contributed by atoms with Gasteiger partial charge in [0.25, 0.3) is 0 Å². The van der Waals surface area contributed by atoms with Crippen LogP contribution >= 0.6 is 0 Å². The van der Waals surface area contributed by atoms with Crippen molar-refractivity contribution in [3.8, 4) is 0 Å². The van der Waals surface area contributed by atoms with Gasteiger partial charge in [-0.2, -0.15) is 5.10 Å². The monoisotopic (exact) mass is 433 g/mol. The van der Waals surface area contributed by atoms with Crippen LogP contribution in [0.15, 0.2) is 35.4 Å². The van der Waals surface area contributed by atoms with E-state index in [1.54, 1.807) is 12.1 Å². The van der Waals surface area contributed by atoms with Gasteiger partial charge in [-0.25, -0.2) is 12.8 Å². The van der Waals surface area contributed by atoms with E-state index in [0.29, 0.717) is 25.2 Å². The summed E-state index contributed by atoms with van der Waals surface area (Å²) in [7, 11) is -3.34. The number of hydrogen-bond acceptors (Lipinski definition) is 4. The standard InChI is InChI=1S/C22H28FN3O3S/c1-30(28,29)20-14-24-25-19(20)13-16-5-4-12-26(15-16)21(27)22(10-2-3-11-22)17-6-8-18(23)9-7-17/h6-9,14,16H,2-5,10-13,15H2,1H3,(H,24,25). The van der Waals surface area contributed by atoms with Crippen LogP contribution in [0.2, 0.25) is 0 Å². The molecule has 1 aromatic heterocycles. The van der Waals surface area contributed by atoms with Crippen LogP contribution in [-0.4, -0.2) is 48.8 Å². The van der Waals surface area contributed by atoms with Crippen LogP contribution in [0.1, 0.15) is 49.8 Å². The number of nitrogens with one attached hydrogen (secondary N) is 1. The Hall–Kier alpha value is -2.22. The summed E-state index contributed by atoms with van der Waals surface area (Å²) >= 11 is 0. The van der Waals surface area contributed by atoms with Gasteiger partial charge in [0.05, 0.1) is 17.3 Å². The highest BCUT2D eigenvalue weighted by Gasteiger charge is 2.45. The summed E-state index contributed by atoms with van der Waals surface area (Å²) in [5.41, 5.74) is 0.953. The molecule has 2 heterocycles. The van der Waals surface area contributed by atoms with Crippen LogP contribution in [-0.2, 0) is 26.5 Å². The second kappa shape index (κ2) is 8.13. The summed E-state index contributed by atoms with van der Waals surface area (Å²) < 4.78 is 37.4. The van der Waals surface area contributed by atoms with Gasteiger partial charge in [-0.15, -0.1) is 0 Å². The molecule has 1 aliphatic heterocycles. The molecular formula is C22H28FN3O3S. The average Bonchev–Trinajstić information content (AvgIpc) is 3.38. The van der Waals surface area contributed by atoms with Crippen molar-refractivity contribution in [3.63, 3.8) is 0 Å². The molecule has 1 N–H and O–H groups in total. The van der Waals surface area contributed by atoms with Gasteiger partial charge in [0.15, 0.2) is 9.84 Å². The molecule has 4 rings (SSSR count). The van der Waals surface area contributed by atoms with Crippen molar-refractivity contribution in [3.05, 3.63) is 47.5 Å². The van der Waals surface area contributed by atoms with E-state index >= 15 is 0 Å². The molecule has 2 aliphatic rings. The first kappa shape index (κ1) is 21.0. The topological polar surface area (TPSA) is 83.1 Å². The Morgan fingerprint density at radius 2 is 1.93 bits per heavy atom. The highest BCUT2D eigenvalue weighted by Crippen LogP contribution is 2.43. The molecular weight excluding hydrogens is 405 g/mol. The maximum atomic E-state index is 13.7. The maximum Gasteiger partial charge on any atom is 0.233 e. The highest BCUT2D eigenvalue weighted by molar-refractivity contribution is 7.90. The summed E-state index contributed by atoms with van der Waals surface area (Å²) in [5, 5.41) is 6.74. The fourth-order valence-corrected chi connectivity index (χ4v) is 5.97. The van der Waals surface area contributed by atoms with Crippen molar-refractivity contribution in [1.29, 1.82) is 0 Å². The molecule has 1 saturated heterocycles. The number of rotatable bonds is 5. The Kier molecular flexibility index (Phi) is 5.70. The number of halogens is 1. The molecule has 0 spiro atoms. The summed E-state index contributed by atoms with van der Waals surface area (Å²) in [5.74, 6) is 0.0122. The molecule has 1 atom stereocenters. The van der Waals surface area contributed by atoms with Crippen LogP contribution < -0.4 is 0 Å². The Balaban J connectivity index is 1.53. The van der Waals surface area contributed by atoms with E-state index in [0.717, 1.165) is 44.1 Å². The summed E-state index contributed by atoms with van der Waals surface area (Å²) in [6.07, 6.45) is 8.49. The maximum absolute atomic E-state index is 13.7. The zero-order valence-electron chi connectivity index (χ0n) is 17.2. The number of H-pyrrole nitrogens is 1. The van der Waals surface area contributed by atoms with E-state index in [1.165, 1.54) is 24.6 Å². The minimum Gasteiger partial charge on any atom is -0.342 e. The van der Waals surface area contributed by atoms with Crippen molar-refractivity contribution in [2.75, 3.05) is 19.3 Å². The van der Waals surface area contributed by atoms with Gasteiger partial charge < -0.3 is 4.90 Å². The first-order chi connectivity index (χ1) is 14.3. The molecule has 1 aliphatic carbocycles. The van der Waals surface area contributed by atoms with Crippen molar-refractivity contribution in [2.45, 2.75) is 55.3 Å². The molecule has 1 saturated carbocycles. The third-order valence-electron chi connectivity index (χ3n) is 6.64. The number of amides is 1. The summed E-state index contributed by atoms with van der Waals surface area (Å²) in [6.45, 7) is 1.31. The van der Waals surface area contributed by atoms with Gasteiger partial charge in [0.1, 0.15) is 10.7 Å². The molecule has 30 heavy (non-hydrogen) atoms. The van der Waals surface area contributed by atoms with Gasteiger partial charge >= 0.3 is 0 Å². The molecule has 2 fully saturated rings. The summed E-state index contributed by atoms with van der Waals surface area (Å²) in [6, 6.07) is 6.38. The number of likely N-dealkylation sites (tertiary alicyclic amines) is 1. The minimum absolute atomic E-state index is 0.129. The Morgan fingerprint density at radius 3 is 2.60 bits per heavy atom. The molecule has 6 nitrogen and oxygen atoms in total. The lowest BCUT2D eigenvalue weighted by Gasteiger charge is -2.39. The largest absolute Gasteiger partial charge is 0.342 e. The Bertz CT molecular complexity index is 1010. The summed E-state index contributed by atoms with van der Waals surface area (Å²) in [4.78, 5) is 15.9. The van der Waals surface area contributed by atoms with Crippen LogP contribution in [0.3, 0.4) is 0 Å². The SMILES string of the molecule is CS(=O)(=O)c1cn[nH]c1CC1CCCN(C(=O)C2(c3ccc(F)cc3)CCCC2)C1. The zero-order chi connectivity index (χ0) is 21.4. The number of hydrogen-bond donors (Lipinski definition) is 1. The van der Waals surface area contributed by atoms with E-state index in [1.807, 2.05) is 4.90 Å². The zero-order valence-corrected chi connectivity index (χ0v) is 18.0. The van der Waals surface area contributed by atoms with E-state index in [9.17, 15) is 17.6 Å². The number of piperidine rings is 1. The molecule has 2 aromatic rings. The normalized spacial score (nSPS) is 21.7. The smallest absolute Gasteiger partial charge is 0.233 e. The first-order valence-corrected chi connectivity index (χ1v) is 12.5. The third-order valence-corrected chi connectivity index (χ3v) is 7.79. The van der Waals surface area contributed by atoms with E-state index in [-0.39, 0.29) is 22.5 Å². The lowest BCUT2D eigenvalue weighted by atomic mass is 9.76. The molecule has 0 bridgehead atoms. The lowest BCUT2D eigenvalue weighted by Crippen LogP contribution is -2.49. The van der Waals surface area contributed by atoms with Crippen molar-refractivity contribution in [1.82, 2.24) is 15.1 Å². The van der Waals surface area contributed by atoms with Crippen LogP contribution in [0.5, 0.6) is 0 Å². The first-order valence-electron chi connectivity index (χ1n) is 10.6. The van der Waals surface area contributed by atoms with E-state index in [2.05, 4.69) is 10.2 Å². The average molecular weight is 434 g/mol. The second-order valence-electron chi connectivity index (χ2n) is 8.74. The van der Waals surface area contributed by atoms with E-state index < -0.39 is 15.3 Å². The van der Waals surface area contributed by atoms with Crippen molar-refractivity contribution < 1.29 is 17.6 Å². The van der Waals surface area contributed by atoms with Gasteiger partial charge in [-0.3, -0.25) is 9.89 Å². The fraction of sp³-hybridized carbons (Fsp3) is 0.545. The van der Waals surface area contributed by atoms with Crippen molar-refractivity contribution in [2.24, 2.45) is 5.92 Å². The quantitative estimate of drug-likeness (QED) is 0.785. The molecule has 1 amide bonds. The number of aromatic nitrogens is 2. The molecule has 162 valence electrons. The number of carbonyl (C=O) groups is 1. The van der Waals surface area contributed by atoms with Gasteiger partial charge in [-0.05, 0) is 55.7 Å². The molecule has 8 heteroatoms. The number of aromatic amines is 1. The molecule has 1 unspecified atom stereocenters. The van der Waals surface area contributed by atoms with Crippen LogP contribution in [0.25, 0.3) is 0 Å². The number of carbonyl (C=O) groups excluding carboxylic acids is 1. The van der Waals surface area contributed by atoms with Crippen LogP contribution in [0.4, 0.5) is 4.39 Å². The molecule has 1 aromatic carbocycles. The predicted molar refractivity (Wildman–Crippen MR) is 111 cm³/mol. The number of nitrogens with zero attached hydrogens (tertiary/aromatic N) is 2. The third kappa shape index (κ3) is 4.02. The van der Waals surface area contributed by atoms with Gasteiger partial charge in [-0.1, -0.05) is 25.0 Å². The second-order valence-corrected chi connectivity index (χ2v) is 10.7. The highest BCUT2D eigenvalue weighted by atomic mass is 32.2. The minimum atomic E-state index is -3.34. The van der Waals surface area contributed by atoms with Crippen molar-refractivity contribution >= 4 is 15.7 Å². The lowest BCUT2D eigenvalue weighted by molar-refractivity contribution is -0.139. The Morgan fingerprint density at radius 1 is 1.23 bits per heavy atom.